The topological polar surface area (TPSA) is 60.4 Å². The van der Waals surface area contributed by atoms with Gasteiger partial charge in [0, 0.05) is 17.9 Å². The fourth-order valence-electron chi connectivity index (χ4n) is 2.21. The van der Waals surface area contributed by atoms with Gasteiger partial charge in [0.05, 0.1) is 5.75 Å². The molecule has 0 aromatic rings. The predicted molar refractivity (Wildman–Crippen MR) is 77.6 cm³/mol. The van der Waals surface area contributed by atoms with Crippen molar-refractivity contribution in [1.82, 2.24) is 0 Å². The number of carbonyl (C=O) groups is 1. The lowest BCUT2D eigenvalue weighted by molar-refractivity contribution is -0.382. The van der Waals surface area contributed by atoms with E-state index in [1.165, 1.54) is 6.92 Å². The summed E-state index contributed by atoms with van der Waals surface area (Å²) in [4.78, 5) is 11.5. The molecule has 1 rings (SSSR count). The normalized spacial score (nSPS) is 20.5. The molecule has 1 saturated heterocycles. The van der Waals surface area contributed by atoms with Crippen LogP contribution in [0.25, 0.3) is 0 Å². The number of rotatable bonds is 8. The number of hydrogen-bond acceptors (Lipinski definition) is 4. The molecule has 0 aliphatic carbocycles. The summed E-state index contributed by atoms with van der Waals surface area (Å²) in [5.41, 5.74) is 0. The van der Waals surface area contributed by atoms with E-state index in [4.69, 9.17) is 0 Å². The van der Waals surface area contributed by atoms with Crippen molar-refractivity contribution < 1.29 is 56.4 Å². The molecule has 0 amide bonds. The van der Waals surface area contributed by atoms with Crippen LogP contribution in [0.1, 0.15) is 26.2 Å². The Labute approximate surface area is 150 Å². The van der Waals surface area contributed by atoms with Gasteiger partial charge in [0.1, 0.15) is 5.78 Å². The highest BCUT2D eigenvalue weighted by molar-refractivity contribution is 8.33. The van der Waals surface area contributed by atoms with Gasteiger partial charge in [-0.15, -0.1) is 10.3 Å². The van der Waals surface area contributed by atoms with Crippen molar-refractivity contribution in [2.45, 2.75) is 49.5 Å². The van der Waals surface area contributed by atoms with Gasteiger partial charge < -0.3 is 0 Å². The summed E-state index contributed by atoms with van der Waals surface area (Å²) < 4.78 is 144. The Bertz CT molecular complexity index is 667. The average molecular weight is 458 g/mol. The lowest BCUT2D eigenvalue weighted by atomic mass is 10.1. The predicted octanol–water partition coefficient (Wildman–Crippen LogP) is 4.25. The SMILES string of the molecule is CCC(=O)CS1(OS(=O)(=O)C(F)(F)C(F)(F)C(F)(F)C(F)(F)F)CCCC1. The molecule has 162 valence electrons. The zero-order valence-corrected chi connectivity index (χ0v) is 15.2. The third-order valence-corrected chi connectivity index (χ3v) is 9.43. The Morgan fingerprint density at radius 1 is 0.926 bits per heavy atom. The molecular formula is C12H15F9O4S2. The van der Waals surface area contributed by atoms with Crippen LogP contribution in [-0.2, 0) is 18.5 Å². The van der Waals surface area contributed by atoms with Gasteiger partial charge in [-0.1, -0.05) is 6.92 Å². The minimum atomic E-state index is -7.35. The first-order valence-corrected chi connectivity index (χ1v) is 10.8. The van der Waals surface area contributed by atoms with Crippen molar-refractivity contribution in [1.29, 1.82) is 0 Å². The maximum atomic E-state index is 13.7. The maximum Gasteiger partial charge on any atom is 0.460 e. The molecule has 0 radical (unpaired) electrons. The summed E-state index contributed by atoms with van der Waals surface area (Å²) >= 11 is 0. The van der Waals surface area contributed by atoms with Crippen LogP contribution >= 0.6 is 10.3 Å². The summed E-state index contributed by atoms with van der Waals surface area (Å²) in [5, 5.41) is -6.89. The van der Waals surface area contributed by atoms with Crippen LogP contribution in [0.15, 0.2) is 0 Å². The van der Waals surface area contributed by atoms with E-state index in [-0.39, 0.29) is 30.8 Å². The average Bonchev–Trinajstić information content (AvgIpc) is 2.92. The van der Waals surface area contributed by atoms with Crippen molar-refractivity contribution in [2.24, 2.45) is 0 Å². The zero-order valence-electron chi connectivity index (χ0n) is 13.6. The molecule has 1 aliphatic heterocycles. The molecule has 4 nitrogen and oxygen atoms in total. The molecule has 0 spiro atoms. The molecule has 0 aromatic heterocycles. The summed E-state index contributed by atoms with van der Waals surface area (Å²) in [5.74, 6) is -16.6. The van der Waals surface area contributed by atoms with E-state index in [0.717, 1.165) is 0 Å². The van der Waals surface area contributed by atoms with Crippen molar-refractivity contribution >= 4 is 26.2 Å². The molecule has 0 N–H and O–H groups in total. The fraction of sp³-hybridized carbons (Fsp3) is 0.917. The Morgan fingerprint density at radius 2 is 1.37 bits per heavy atom. The van der Waals surface area contributed by atoms with Gasteiger partial charge >= 0.3 is 33.4 Å². The minimum Gasteiger partial charge on any atom is -0.299 e. The van der Waals surface area contributed by atoms with E-state index < -0.39 is 55.2 Å². The first-order valence-electron chi connectivity index (χ1n) is 7.31. The zero-order chi connectivity index (χ0) is 21.5. The number of alkyl halides is 9. The molecule has 0 aromatic carbocycles. The number of halogens is 9. The van der Waals surface area contributed by atoms with Crippen LogP contribution < -0.4 is 0 Å². The quantitative estimate of drug-likeness (QED) is 0.511. The monoisotopic (exact) mass is 458 g/mol. The molecule has 1 aliphatic rings. The third kappa shape index (κ3) is 4.18. The van der Waals surface area contributed by atoms with Gasteiger partial charge in [-0.25, -0.2) is 3.63 Å². The molecule has 15 heteroatoms. The van der Waals surface area contributed by atoms with Gasteiger partial charge in [-0.05, 0) is 12.8 Å². The minimum absolute atomic E-state index is 0.170. The molecule has 1 fully saturated rings. The highest BCUT2D eigenvalue weighted by Crippen LogP contribution is 2.61. The van der Waals surface area contributed by atoms with Gasteiger partial charge in [-0.2, -0.15) is 47.9 Å². The van der Waals surface area contributed by atoms with Crippen molar-refractivity contribution in [3.63, 3.8) is 0 Å². The Balaban J connectivity index is 3.33. The number of ketones is 1. The van der Waals surface area contributed by atoms with Crippen LogP contribution in [0.3, 0.4) is 0 Å². The summed E-state index contributed by atoms with van der Waals surface area (Å²) in [6.07, 6.45) is -6.95. The molecule has 0 saturated carbocycles. The van der Waals surface area contributed by atoms with Crippen LogP contribution in [-0.4, -0.2) is 54.7 Å². The Hall–Kier alpha value is -0.700. The number of hydrogen-bond donors (Lipinski definition) is 0. The summed E-state index contributed by atoms with van der Waals surface area (Å²) in [6, 6.07) is 0. The van der Waals surface area contributed by atoms with Gasteiger partial charge in [0.15, 0.2) is 0 Å². The molecule has 0 unspecified atom stereocenters. The molecule has 0 atom stereocenters. The standard InChI is InChI=1S/C12H15F9O4S2/c1-2-8(22)7-26(5-3-4-6-26)25-27(23,24)12(20,21)10(15,16)9(13,14)11(17,18)19/h2-7H2,1H3. The van der Waals surface area contributed by atoms with Crippen molar-refractivity contribution in [3.8, 4) is 0 Å². The van der Waals surface area contributed by atoms with Crippen LogP contribution in [0.5, 0.6) is 0 Å². The van der Waals surface area contributed by atoms with Crippen LogP contribution in [0.4, 0.5) is 39.5 Å². The molecular weight excluding hydrogens is 443 g/mol. The van der Waals surface area contributed by atoms with Gasteiger partial charge in [-0.3, -0.25) is 4.79 Å². The number of carbonyl (C=O) groups excluding carboxylic acids is 1. The highest BCUT2D eigenvalue weighted by Gasteiger charge is 2.86. The van der Waals surface area contributed by atoms with E-state index in [1.807, 2.05) is 0 Å². The second-order valence-corrected chi connectivity index (χ2v) is 10.8. The van der Waals surface area contributed by atoms with Gasteiger partial charge in [0.25, 0.3) is 0 Å². The smallest absolute Gasteiger partial charge is 0.299 e. The van der Waals surface area contributed by atoms with Crippen molar-refractivity contribution in [2.75, 3.05) is 17.3 Å². The summed E-state index contributed by atoms with van der Waals surface area (Å²) in [6.45, 7) is 1.34. The molecule has 1 heterocycles. The lowest BCUT2D eigenvalue weighted by Crippen LogP contribution is -2.63. The Morgan fingerprint density at radius 3 is 1.74 bits per heavy atom. The Kier molecular flexibility index (Phi) is 6.56. The van der Waals surface area contributed by atoms with E-state index in [0.29, 0.717) is 0 Å². The van der Waals surface area contributed by atoms with E-state index in [2.05, 4.69) is 3.63 Å². The fourth-order valence-corrected chi connectivity index (χ4v) is 8.00. The lowest BCUT2D eigenvalue weighted by Gasteiger charge is -2.37. The van der Waals surface area contributed by atoms with Crippen molar-refractivity contribution in [3.05, 3.63) is 0 Å². The van der Waals surface area contributed by atoms with Gasteiger partial charge in [0.2, 0.25) is 0 Å². The molecule has 0 bridgehead atoms. The second kappa shape index (κ2) is 7.28. The first-order chi connectivity index (χ1) is 11.9. The molecule has 27 heavy (non-hydrogen) atoms. The van der Waals surface area contributed by atoms with E-state index in [9.17, 15) is 52.7 Å². The van der Waals surface area contributed by atoms with Crippen LogP contribution in [0, 0.1) is 0 Å². The van der Waals surface area contributed by atoms with E-state index >= 15 is 0 Å². The number of Topliss-reactive ketones (excluding diaryl/α,β-unsaturated/α-hetero) is 1. The maximum absolute atomic E-state index is 13.7. The second-order valence-electron chi connectivity index (χ2n) is 5.80. The largest absolute Gasteiger partial charge is 0.460 e. The van der Waals surface area contributed by atoms with Crippen LogP contribution in [0.2, 0.25) is 0 Å². The highest BCUT2D eigenvalue weighted by atomic mass is 32.3. The summed E-state index contributed by atoms with van der Waals surface area (Å²) in [7, 11) is -10.2. The first kappa shape index (κ1) is 24.3. The van der Waals surface area contributed by atoms with E-state index in [1.54, 1.807) is 0 Å². The third-order valence-electron chi connectivity index (χ3n) is 3.76.